The third-order valence-corrected chi connectivity index (χ3v) is 4.63. The molecule has 0 aromatic heterocycles. The predicted molar refractivity (Wildman–Crippen MR) is 92.3 cm³/mol. The maximum Gasteiger partial charge on any atom is 0.387 e. The van der Waals surface area contributed by atoms with E-state index in [1.54, 1.807) is 0 Å². The van der Waals surface area contributed by atoms with Crippen molar-refractivity contribution >= 4 is 11.9 Å². The van der Waals surface area contributed by atoms with Gasteiger partial charge < -0.3 is 19.7 Å². The van der Waals surface area contributed by atoms with Gasteiger partial charge in [0.1, 0.15) is 0 Å². The Hall–Kier alpha value is -2.89. The predicted octanol–water partition coefficient (Wildman–Crippen LogP) is 3.57. The molecule has 0 spiro atoms. The molecule has 0 bridgehead atoms. The van der Waals surface area contributed by atoms with Crippen molar-refractivity contribution in [2.75, 3.05) is 6.61 Å². The first kappa shape index (κ1) is 21.4. The fraction of sp³-hybridized carbons (Fsp3) is 0.526. The van der Waals surface area contributed by atoms with Crippen molar-refractivity contribution in [2.45, 2.75) is 50.6 Å². The largest absolute Gasteiger partial charge is 0.489 e. The number of carboxylic acids is 2. The molecular formula is C19H21F2NO6. The number of hydrogen-bond acceptors (Lipinski definition) is 5. The molecule has 1 saturated carbocycles. The smallest absolute Gasteiger partial charge is 0.387 e. The molecule has 1 aliphatic carbocycles. The van der Waals surface area contributed by atoms with Crippen LogP contribution in [-0.2, 0) is 15.0 Å². The molecule has 7 nitrogen and oxygen atoms in total. The van der Waals surface area contributed by atoms with Gasteiger partial charge in [-0.2, -0.15) is 14.0 Å². The molecular weight excluding hydrogens is 376 g/mol. The van der Waals surface area contributed by atoms with E-state index in [0.29, 0.717) is 18.1 Å². The molecule has 2 rings (SSSR count). The van der Waals surface area contributed by atoms with Crippen LogP contribution in [0.25, 0.3) is 0 Å². The number of alkyl halides is 2. The first-order valence-electron chi connectivity index (χ1n) is 8.83. The van der Waals surface area contributed by atoms with E-state index in [0.717, 1.165) is 12.8 Å². The fourth-order valence-corrected chi connectivity index (χ4v) is 2.83. The van der Waals surface area contributed by atoms with E-state index in [9.17, 15) is 23.6 Å². The maximum absolute atomic E-state index is 12.7. The van der Waals surface area contributed by atoms with Crippen LogP contribution in [0.1, 0.15) is 44.1 Å². The molecule has 1 fully saturated rings. The summed E-state index contributed by atoms with van der Waals surface area (Å²) in [5.74, 6) is -2.09. The number of benzene rings is 1. The molecule has 1 aromatic carbocycles. The lowest BCUT2D eigenvalue weighted by molar-refractivity contribution is -0.137. The van der Waals surface area contributed by atoms with Gasteiger partial charge >= 0.3 is 18.6 Å². The zero-order chi connectivity index (χ0) is 20.7. The molecule has 0 aliphatic heterocycles. The highest BCUT2D eigenvalue weighted by Crippen LogP contribution is 2.40. The fourth-order valence-electron chi connectivity index (χ4n) is 2.83. The Morgan fingerprint density at radius 1 is 1.18 bits per heavy atom. The van der Waals surface area contributed by atoms with Gasteiger partial charge in [-0.3, -0.25) is 9.59 Å². The van der Waals surface area contributed by atoms with Crippen molar-refractivity contribution in [1.29, 1.82) is 5.26 Å². The van der Waals surface area contributed by atoms with Gasteiger partial charge in [0.25, 0.3) is 0 Å². The van der Waals surface area contributed by atoms with Crippen molar-refractivity contribution in [3.63, 3.8) is 0 Å². The van der Waals surface area contributed by atoms with Gasteiger partial charge in [-0.1, -0.05) is 6.07 Å². The minimum Gasteiger partial charge on any atom is -0.489 e. The SMILES string of the molecule is N#CC(CCC(=O)O)(CCC(=O)O)c1ccc(OC(F)F)c(OCC2CC2)c1. The quantitative estimate of drug-likeness (QED) is 0.554. The summed E-state index contributed by atoms with van der Waals surface area (Å²) in [5.41, 5.74) is -1.09. The van der Waals surface area contributed by atoms with E-state index in [1.165, 1.54) is 18.2 Å². The van der Waals surface area contributed by atoms with Gasteiger partial charge in [-0.05, 0) is 49.3 Å². The topological polar surface area (TPSA) is 117 Å². The minimum absolute atomic E-state index is 0.0231. The van der Waals surface area contributed by atoms with Crippen molar-refractivity contribution in [1.82, 2.24) is 0 Å². The van der Waals surface area contributed by atoms with Gasteiger partial charge in [0, 0.05) is 12.8 Å². The summed E-state index contributed by atoms with van der Waals surface area (Å²) in [6.07, 6.45) is 1.02. The molecule has 0 saturated heterocycles. The number of rotatable bonds is 12. The summed E-state index contributed by atoms with van der Waals surface area (Å²) < 4.78 is 35.4. The minimum atomic E-state index is -3.06. The molecule has 2 N–H and O–H groups in total. The number of nitrogens with zero attached hydrogens (tertiary/aromatic N) is 1. The lowest BCUT2D eigenvalue weighted by Gasteiger charge is -2.27. The summed E-state index contributed by atoms with van der Waals surface area (Å²) >= 11 is 0. The third-order valence-electron chi connectivity index (χ3n) is 4.63. The second kappa shape index (κ2) is 9.35. The van der Waals surface area contributed by atoms with Gasteiger partial charge in [0.15, 0.2) is 11.5 Å². The van der Waals surface area contributed by atoms with E-state index >= 15 is 0 Å². The van der Waals surface area contributed by atoms with E-state index in [2.05, 4.69) is 4.74 Å². The number of hydrogen-bond donors (Lipinski definition) is 2. The molecule has 0 atom stereocenters. The summed E-state index contributed by atoms with van der Waals surface area (Å²) in [7, 11) is 0. The Kier molecular flexibility index (Phi) is 7.15. The zero-order valence-electron chi connectivity index (χ0n) is 15.1. The zero-order valence-corrected chi connectivity index (χ0v) is 15.1. The van der Waals surface area contributed by atoms with Gasteiger partial charge in [-0.25, -0.2) is 0 Å². The Morgan fingerprint density at radius 2 is 1.79 bits per heavy atom. The average molecular weight is 397 g/mol. The van der Waals surface area contributed by atoms with Crippen LogP contribution in [0.5, 0.6) is 11.5 Å². The van der Waals surface area contributed by atoms with Crippen LogP contribution < -0.4 is 9.47 Å². The molecule has 1 aliphatic rings. The van der Waals surface area contributed by atoms with E-state index in [-0.39, 0.29) is 37.2 Å². The Balaban J connectivity index is 2.38. The highest BCUT2D eigenvalue weighted by atomic mass is 19.3. The van der Waals surface area contributed by atoms with Gasteiger partial charge in [-0.15, -0.1) is 0 Å². The standard InChI is InChI=1S/C19H21F2NO6/c20-18(21)28-14-4-3-13(9-15(14)27-10-12-1-2-12)19(11-22,7-5-16(23)24)8-6-17(25)26/h3-4,9,12,18H,1-2,5-8,10H2,(H,23,24)(H,25,26). The van der Waals surface area contributed by atoms with Crippen LogP contribution in [0.2, 0.25) is 0 Å². The molecule has 1 aromatic rings. The highest BCUT2D eigenvalue weighted by Gasteiger charge is 2.35. The second-order valence-electron chi connectivity index (χ2n) is 6.78. The molecule has 152 valence electrons. The van der Waals surface area contributed by atoms with E-state index in [4.69, 9.17) is 14.9 Å². The van der Waals surface area contributed by atoms with Crippen LogP contribution in [0.15, 0.2) is 18.2 Å². The van der Waals surface area contributed by atoms with Crippen LogP contribution in [0.4, 0.5) is 8.78 Å². The number of carbonyl (C=O) groups is 2. The third kappa shape index (κ3) is 6.08. The van der Waals surface area contributed by atoms with Crippen molar-refractivity contribution in [2.24, 2.45) is 5.92 Å². The van der Waals surface area contributed by atoms with E-state index < -0.39 is 24.0 Å². The summed E-state index contributed by atoms with van der Waals surface area (Å²) in [4.78, 5) is 22.0. The van der Waals surface area contributed by atoms with Crippen LogP contribution in [0, 0.1) is 17.2 Å². The number of aliphatic carboxylic acids is 2. The molecule has 28 heavy (non-hydrogen) atoms. The number of halogens is 2. The first-order valence-corrected chi connectivity index (χ1v) is 8.83. The highest BCUT2D eigenvalue weighted by molar-refractivity contribution is 5.68. The number of ether oxygens (including phenoxy) is 2. The van der Waals surface area contributed by atoms with E-state index in [1.807, 2.05) is 6.07 Å². The Morgan fingerprint density at radius 3 is 2.25 bits per heavy atom. The molecule has 0 amide bonds. The first-order chi connectivity index (χ1) is 13.3. The normalized spacial score (nSPS) is 13.8. The number of carboxylic acid groups (broad SMARTS) is 2. The lowest BCUT2D eigenvalue weighted by Crippen LogP contribution is -2.26. The summed E-state index contributed by atoms with van der Waals surface area (Å²) in [5, 5.41) is 27.7. The van der Waals surface area contributed by atoms with Crippen LogP contribution in [0.3, 0.4) is 0 Å². The van der Waals surface area contributed by atoms with Crippen molar-refractivity contribution in [3.8, 4) is 17.6 Å². The van der Waals surface area contributed by atoms with Crippen LogP contribution >= 0.6 is 0 Å². The summed E-state index contributed by atoms with van der Waals surface area (Å²) in [6, 6.07) is 6.01. The second-order valence-corrected chi connectivity index (χ2v) is 6.78. The lowest BCUT2D eigenvalue weighted by atomic mass is 9.74. The molecule has 0 radical (unpaired) electrons. The monoisotopic (exact) mass is 397 g/mol. The van der Waals surface area contributed by atoms with Crippen LogP contribution in [-0.4, -0.2) is 35.4 Å². The summed E-state index contributed by atoms with van der Waals surface area (Å²) in [6.45, 7) is -2.75. The number of nitriles is 1. The van der Waals surface area contributed by atoms with Gasteiger partial charge in [0.2, 0.25) is 0 Å². The Labute approximate surface area is 160 Å². The van der Waals surface area contributed by atoms with Crippen molar-refractivity contribution < 1.29 is 38.1 Å². The average Bonchev–Trinajstić information content (AvgIpc) is 3.45. The molecule has 0 unspecified atom stereocenters. The molecule has 0 heterocycles. The van der Waals surface area contributed by atoms with Crippen molar-refractivity contribution in [3.05, 3.63) is 23.8 Å². The van der Waals surface area contributed by atoms with Gasteiger partial charge in [0.05, 0.1) is 18.1 Å². The Bertz CT molecular complexity index is 739. The molecule has 9 heteroatoms. The maximum atomic E-state index is 12.7.